The van der Waals surface area contributed by atoms with Gasteiger partial charge in [-0.05, 0) is 36.8 Å². The first kappa shape index (κ1) is 13.1. The summed E-state index contributed by atoms with van der Waals surface area (Å²) in [5.74, 6) is 0. The quantitative estimate of drug-likeness (QED) is 0.816. The third kappa shape index (κ3) is 2.43. The van der Waals surface area contributed by atoms with Gasteiger partial charge in [-0.3, -0.25) is 0 Å². The molecule has 6 heteroatoms. The Balaban J connectivity index is 2.51. The Hall–Kier alpha value is -1.30. The lowest BCUT2D eigenvalue weighted by molar-refractivity contribution is -0.137. The summed E-state index contributed by atoms with van der Waals surface area (Å²) in [7, 11) is 0. The highest BCUT2D eigenvalue weighted by Crippen LogP contribution is 2.31. The van der Waals surface area contributed by atoms with Crippen molar-refractivity contribution >= 4 is 23.3 Å². The number of benzene rings is 1. The van der Waals surface area contributed by atoms with Crippen molar-refractivity contribution in [2.75, 3.05) is 0 Å². The predicted molar refractivity (Wildman–Crippen MR) is 67.0 cm³/mol. The third-order valence-corrected chi connectivity index (χ3v) is 3.16. The van der Waals surface area contributed by atoms with Crippen LogP contribution in [0.1, 0.15) is 25.3 Å². The van der Waals surface area contributed by atoms with Crippen molar-refractivity contribution in [2.24, 2.45) is 0 Å². The molecular weight excluding hydrogens is 261 g/mol. The minimum Gasteiger partial charge on any atom is -0.331 e. The molecule has 0 radical (unpaired) electrons. The number of aromatic amines is 1. The van der Waals surface area contributed by atoms with Crippen LogP contribution >= 0.6 is 12.2 Å². The normalized spacial score (nSPS) is 12.2. The number of fused-ring (bicyclic) bond motifs is 1. The number of rotatable bonds is 3. The number of aromatic nitrogens is 2. The number of nitrogens with one attached hydrogen (secondary N) is 1. The van der Waals surface area contributed by atoms with E-state index in [0.29, 0.717) is 10.3 Å². The molecule has 0 atom stereocenters. The fourth-order valence-corrected chi connectivity index (χ4v) is 2.18. The molecule has 0 aliphatic carbocycles. The van der Waals surface area contributed by atoms with E-state index in [4.69, 9.17) is 12.2 Å². The van der Waals surface area contributed by atoms with Crippen molar-refractivity contribution in [3.63, 3.8) is 0 Å². The fraction of sp³-hybridized carbons (Fsp3) is 0.417. The van der Waals surface area contributed by atoms with E-state index in [2.05, 4.69) is 11.9 Å². The minimum atomic E-state index is -4.32. The van der Waals surface area contributed by atoms with Crippen LogP contribution in [0, 0.1) is 4.77 Å². The molecule has 0 saturated carbocycles. The van der Waals surface area contributed by atoms with Crippen LogP contribution in [0.4, 0.5) is 13.2 Å². The van der Waals surface area contributed by atoms with Gasteiger partial charge in [0.1, 0.15) is 0 Å². The number of H-pyrrole nitrogens is 1. The topological polar surface area (TPSA) is 20.7 Å². The zero-order valence-corrected chi connectivity index (χ0v) is 10.7. The number of unbranched alkanes of at least 4 members (excludes halogenated alkanes) is 1. The predicted octanol–water partition coefficient (Wildman–Crippen LogP) is 4.52. The lowest BCUT2D eigenvalue weighted by atomic mass is 10.2. The minimum absolute atomic E-state index is 0.436. The number of halogens is 3. The average Bonchev–Trinajstić information content (AvgIpc) is 2.60. The van der Waals surface area contributed by atoms with Gasteiger partial charge >= 0.3 is 6.18 Å². The van der Waals surface area contributed by atoms with Crippen molar-refractivity contribution in [1.29, 1.82) is 0 Å². The van der Waals surface area contributed by atoms with E-state index in [1.807, 2.05) is 4.57 Å². The molecule has 0 bridgehead atoms. The molecule has 0 saturated heterocycles. The molecular formula is C12H13F3N2S. The van der Waals surface area contributed by atoms with Crippen molar-refractivity contribution in [2.45, 2.75) is 32.5 Å². The Morgan fingerprint density at radius 3 is 2.67 bits per heavy atom. The first-order valence-corrected chi connectivity index (χ1v) is 6.14. The van der Waals surface area contributed by atoms with Gasteiger partial charge in [-0.1, -0.05) is 13.3 Å². The SMILES string of the molecule is CCCCn1c(=S)[nH]c2cc(C(F)(F)F)ccc21. The maximum Gasteiger partial charge on any atom is 0.416 e. The summed E-state index contributed by atoms with van der Waals surface area (Å²) in [6.45, 7) is 2.78. The molecule has 1 aromatic heterocycles. The Morgan fingerprint density at radius 1 is 1.33 bits per heavy atom. The number of imidazole rings is 1. The molecule has 0 fully saturated rings. The second kappa shape index (κ2) is 4.76. The van der Waals surface area contributed by atoms with Crippen LogP contribution < -0.4 is 0 Å². The summed E-state index contributed by atoms with van der Waals surface area (Å²) >= 11 is 5.13. The maximum atomic E-state index is 12.6. The summed E-state index contributed by atoms with van der Waals surface area (Å²) in [5.41, 5.74) is 0.501. The van der Waals surface area contributed by atoms with Gasteiger partial charge in [0, 0.05) is 6.54 Å². The Labute approximate surface area is 107 Å². The average molecular weight is 274 g/mol. The van der Waals surface area contributed by atoms with E-state index in [1.54, 1.807) is 0 Å². The van der Waals surface area contributed by atoms with Crippen LogP contribution in [0.3, 0.4) is 0 Å². The zero-order chi connectivity index (χ0) is 13.3. The third-order valence-electron chi connectivity index (χ3n) is 2.84. The van der Waals surface area contributed by atoms with E-state index in [-0.39, 0.29) is 0 Å². The van der Waals surface area contributed by atoms with Crippen LogP contribution in [0.2, 0.25) is 0 Å². The first-order chi connectivity index (χ1) is 8.43. The fourth-order valence-electron chi connectivity index (χ4n) is 1.88. The summed E-state index contributed by atoms with van der Waals surface area (Å²) in [5, 5.41) is 0. The number of hydrogen-bond donors (Lipinski definition) is 1. The molecule has 1 aromatic carbocycles. The van der Waals surface area contributed by atoms with Crippen LogP contribution in [0.15, 0.2) is 18.2 Å². The largest absolute Gasteiger partial charge is 0.416 e. The van der Waals surface area contributed by atoms with E-state index >= 15 is 0 Å². The van der Waals surface area contributed by atoms with Crippen LogP contribution in [0.5, 0.6) is 0 Å². The second-order valence-corrected chi connectivity index (χ2v) is 4.55. The molecule has 98 valence electrons. The summed E-state index contributed by atoms with van der Waals surface area (Å²) in [4.78, 5) is 2.83. The van der Waals surface area contributed by atoms with E-state index in [1.165, 1.54) is 6.07 Å². The lowest BCUT2D eigenvalue weighted by Gasteiger charge is -2.07. The zero-order valence-electron chi connectivity index (χ0n) is 9.84. The highest BCUT2D eigenvalue weighted by molar-refractivity contribution is 7.71. The van der Waals surface area contributed by atoms with Gasteiger partial charge in [0.2, 0.25) is 0 Å². The number of aryl methyl sites for hydroxylation is 1. The molecule has 18 heavy (non-hydrogen) atoms. The molecule has 0 spiro atoms. The molecule has 2 aromatic rings. The first-order valence-electron chi connectivity index (χ1n) is 5.73. The van der Waals surface area contributed by atoms with E-state index in [9.17, 15) is 13.2 Å². The Kier molecular flexibility index (Phi) is 3.47. The summed E-state index contributed by atoms with van der Waals surface area (Å²) in [6.07, 6.45) is -2.37. The molecule has 0 unspecified atom stereocenters. The number of alkyl halides is 3. The smallest absolute Gasteiger partial charge is 0.331 e. The molecule has 2 nitrogen and oxygen atoms in total. The molecule has 1 heterocycles. The standard InChI is InChI=1S/C12H13F3N2S/c1-2-3-6-17-10-5-4-8(12(13,14)15)7-9(10)16-11(17)18/h4-5,7H,2-3,6H2,1H3,(H,16,18). The van der Waals surface area contributed by atoms with Crippen molar-refractivity contribution in [1.82, 2.24) is 9.55 Å². The lowest BCUT2D eigenvalue weighted by Crippen LogP contribution is -2.04. The second-order valence-electron chi connectivity index (χ2n) is 4.17. The number of hydrogen-bond acceptors (Lipinski definition) is 1. The van der Waals surface area contributed by atoms with Crippen molar-refractivity contribution in [3.05, 3.63) is 28.5 Å². The van der Waals surface area contributed by atoms with Crippen LogP contribution in [-0.4, -0.2) is 9.55 Å². The van der Waals surface area contributed by atoms with Crippen molar-refractivity contribution in [3.8, 4) is 0 Å². The molecule has 0 amide bonds. The Morgan fingerprint density at radius 2 is 2.06 bits per heavy atom. The highest BCUT2D eigenvalue weighted by atomic mass is 32.1. The molecule has 1 N–H and O–H groups in total. The molecule has 0 aliphatic rings. The van der Waals surface area contributed by atoms with Gasteiger partial charge < -0.3 is 9.55 Å². The number of nitrogens with zero attached hydrogens (tertiary/aromatic N) is 1. The molecule has 0 aliphatic heterocycles. The Bertz CT molecular complexity index is 610. The van der Waals surface area contributed by atoms with Gasteiger partial charge in [-0.25, -0.2) is 0 Å². The van der Waals surface area contributed by atoms with Gasteiger partial charge in [-0.2, -0.15) is 13.2 Å². The van der Waals surface area contributed by atoms with Gasteiger partial charge in [0.25, 0.3) is 0 Å². The maximum absolute atomic E-state index is 12.6. The summed E-state index contributed by atoms with van der Waals surface area (Å²) in [6, 6.07) is 3.67. The van der Waals surface area contributed by atoms with Gasteiger partial charge in [-0.15, -0.1) is 0 Å². The van der Waals surface area contributed by atoms with E-state index < -0.39 is 11.7 Å². The highest BCUT2D eigenvalue weighted by Gasteiger charge is 2.30. The summed E-state index contributed by atoms with van der Waals surface area (Å²) < 4.78 is 40.0. The van der Waals surface area contributed by atoms with Crippen LogP contribution in [-0.2, 0) is 12.7 Å². The monoisotopic (exact) mass is 274 g/mol. The molecule has 2 rings (SSSR count). The van der Waals surface area contributed by atoms with Crippen LogP contribution in [0.25, 0.3) is 11.0 Å². The van der Waals surface area contributed by atoms with Crippen molar-refractivity contribution < 1.29 is 13.2 Å². The van der Waals surface area contributed by atoms with E-state index in [0.717, 1.165) is 37.0 Å². The van der Waals surface area contributed by atoms with Gasteiger partial charge in [0.05, 0.1) is 16.6 Å². The van der Waals surface area contributed by atoms with Gasteiger partial charge in [0.15, 0.2) is 4.77 Å².